The summed E-state index contributed by atoms with van der Waals surface area (Å²) in [5.41, 5.74) is 0.940. The third kappa shape index (κ3) is 2.90. The molecule has 0 N–H and O–H groups in total. The van der Waals surface area contributed by atoms with Gasteiger partial charge in [0.2, 0.25) is 0 Å². The molecule has 1 heterocycles. The molecule has 0 spiro atoms. The number of rotatable bonds is 3. The van der Waals surface area contributed by atoms with E-state index in [9.17, 15) is 12.8 Å². The quantitative estimate of drug-likeness (QED) is 0.489. The zero-order valence-corrected chi connectivity index (χ0v) is 11.3. The monoisotopic (exact) mass is 282 g/mol. The highest BCUT2D eigenvalue weighted by Crippen LogP contribution is 2.16. The molecule has 0 amide bonds. The summed E-state index contributed by atoms with van der Waals surface area (Å²) in [6.07, 6.45) is 0. The van der Waals surface area contributed by atoms with Gasteiger partial charge in [0.15, 0.2) is 0 Å². The highest BCUT2D eigenvalue weighted by Gasteiger charge is 2.22. The first-order chi connectivity index (χ1) is 8.90. The van der Waals surface area contributed by atoms with Crippen molar-refractivity contribution in [1.82, 2.24) is 0 Å². The van der Waals surface area contributed by atoms with E-state index in [0.29, 0.717) is 0 Å². The molecule has 19 heavy (non-hydrogen) atoms. The van der Waals surface area contributed by atoms with Crippen molar-refractivity contribution in [1.29, 1.82) is 0 Å². The Kier molecular flexibility index (Phi) is 3.53. The Morgan fingerprint density at radius 1 is 1.11 bits per heavy atom. The number of nitrogens with zero attached hydrogens (tertiary/aromatic N) is 1. The molecule has 2 rings (SSSR count). The number of aromatic nitrogens is 1. The molecule has 4 nitrogen and oxygen atoms in total. The van der Waals surface area contributed by atoms with Gasteiger partial charge in [0, 0.05) is 6.07 Å². The molecule has 1 aromatic heterocycles. The van der Waals surface area contributed by atoms with Crippen LogP contribution in [0.3, 0.4) is 0 Å². The van der Waals surface area contributed by atoms with Crippen LogP contribution in [0.2, 0.25) is 0 Å². The number of aryl methyl sites for hydroxylation is 1. The maximum Gasteiger partial charge on any atom is 0.385 e. The van der Waals surface area contributed by atoms with Crippen LogP contribution in [0, 0.1) is 12.9 Å². The van der Waals surface area contributed by atoms with Gasteiger partial charge in [-0.3, -0.25) is 0 Å². The maximum atomic E-state index is 13.3. The Labute approximate surface area is 111 Å². The van der Waals surface area contributed by atoms with Gasteiger partial charge in [0.25, 0.3) is 0 Å². The zero-order valence-electron chi connectivity index (χ0n) is 10.5. The summed E-state index contributed by atoms with van der Waals surface area (Å²) in [7, 11) is -2.57. The van der Waals surface area contributed by atoms with Crippen molar-refractivity contribution in [2.45, 2.75) is 11.8 Å². The maximum absolute atomic E-state index is 13.3. The van der Waals surface area contributed by atoms with Crippen molar-refractivity contribution < 1.29 is 21.6 Å². The average Bonchev–Trinajstić information content (AvgIpc) is 2.35. The summed E-state index contributed by atoms with van der Waals surface area (Å²) in [5, 5.41) is 0. The zero-order chi connectivity index (χ0) is 14.0. The van der Waals surface area contributed by atoms with E-state index in [0.717, 1.165) is 10.1 Å². The van der Waals surface area contributed by atoms with Gasteiger partial charge >= 0.3 is 21.9 Å². The van der Waals surface area contributed by atoms with Crippen LogP contribution in [-0.4, -0.2) is 8.42 Å². The molecular weight excluding hydrogens is 269 g/mol. The van der Waals surface area contributed by atoms with Crippen molar-refractivity contribution in [3.63, 3.8) is 0 Å². The molecule has 0 atom stereocenters. The topological polar surface area (TPSA) is 47.3 Å². The fraction of sp³-hybridized carbons (Fsp3) is 0.154. The van der Waals surface area contributed by atoms with Gasteiger partial charge in [-0.25, -0.2) is 0 Å². The van der Waals surface area contributed by atoms with E-state index in [1.54, 1.807) is 12.1 Å². The smallest absolute Gasteiger partial charge is 0.319 e. The Morgan fingerprint density at radius 3 is 2.37 bits per heavy atom. The summed E-state index contributed by atoms with van der Waals surface area (Å²) >= 11 is 0. The first-order valence-corrected chi connectivity index (χ1v) is 6.97. The van der Waals surface area contributed by atoms with Crippen molar-refractivity contribution in [2.75, 3.05) is 0 Å². The molecule has 0 saturated carbocycles. The van der Waals surface area contributed by atoms with Gasteiger partial charge in [-0.1, -0.05) is 17.7 Å². The normalized spacial score (nSPS) is 11.3. The minimum atomic E-state index is -3.96. The Morgan fingerprint density at radius 2 is 1.74 bits per heavy atom. The lowest BCUT2D eigenvalue weighted by Gasteiger charge is -2.05. The van der Waals surface area contributed by atoms with Gasteiger partial charge < -0.3 is 4.18 Å². The summed E-state index contributed by atoms with van der Waals surface area (Å²) in [5.74, 6) is -0.669. The lowest BCUT2D eigenvalue weighted by Crippen LogP contribution is -2.36. The minimum Gasteiger partial charge on any atom is -0.319 e. The first-order valence-electron chi connectivity index (χ1n) is 5.56. The molecule has 0 aliphatic heterocycles. The molecule has 2 aromatic rings. The summed E-state index contributed by atoms with van der Waals surface area (Å²) < 4.78 is 43.3. The van der Waals surface area contributed by atoms with Crippen LogP contribution in [0.1, 0.15) is 5.56 Å². The van der Waals surface area contributed by atoms with E-state index < -0.39 is 16.1 Å². The molecule has 0 radical (unpaired) electrons. The van der Waals surface area contributed by atoms with Crippen LogP contribution in [-0.2, 0) is 17.2 Å². The van der Waals surface area contributed by atoms with Crippen LogP contribution in [0.15, 0.2) is 47.4 Å². The lowest BCUT2D eigenvalue weighted by molar-refractivity contribution is -0.702. The second kappa shape index (κ2) is 4.97. The SMILES string of the molecule is Cc1ccc(S(=O)(=O)Oc2cccc(F)[n+]2C)cc1. The fourth-order valence-electron chi connectivity index (χ4n) is 1.49. The number of hydrogen-bond acceptors (Lipinski definition) is 3. The lowest BCUT2D eigenvalue weighted by atomic mass is 10.2. The summed E-state index contributed by atoms with van der Waals surface area (Å²) in [6.45, 7) is 1.85. The summed E-state index contributed by atoms with van der Waals surface area (Å²) in [4.78, 5) is 0.0300. The second-order valence-electron chi connectivity index (χ2n) is 4.10. The van der Waals surface area contributed by atoms with Crippen molar-refractivity contribution in [2.24, 2.45) is 7.05 Å². The van der Waals surface area contributed by atoms with Crippen molar-refractivity contribution in [3.8, 4) is 5.88 Å². The molecule has 0 bridgehead atoms. The fourth-order valence-corrected chi connectivity index (χ4v) is 2.45. The molecule has 0 saturated heterocycles. The average molecular weight is 282 g/mol. The largest absolute Gasteiger partial charge is 0.385 e. The highest BCUT2D eigenvalue weighted by atomic mass is 32.2. The van der Waals surface area contributed by atoms with Gasteiger partial charge in [0.05, 0.1) is 6.07 Å². The Balaban J connectivity index is 2.36. The Hall–Kier alpha value is -1.95. The van der Waals surface area contributed by atoms with Gasteiger partial charge in [-0.2, -0.15) is 8.42 Å². The van der Waals surface area contributed by atoms with E-state index in [1.165, 1.54) is 37.4 Å². The molecule has 100 valence electrons. The van der Waals surface area contributed by atoms with E-state index >= 15 is 0 Å². The molecule has 6 heteroatoms. The predicted molar refractivity (Wildman–Crippen MR) is 66.6 cm³/mol. The molecule has 0 aliphatic rings. The van der Waals surface area contributed by atoms with Crippen LogP contribution in [0.25, 0.3) is 0 Å². The van der Waals surface area contributed by atoms with Crippen molar-refractivity contribution >= 4 is 10.1 Å². The number of halogens is 1. The standard InChI is InChI=1S/C13H13FNO3S/c1-10-6-8-11(9-7-10)19(16,17)18-13-5-3-4-12(14)15(13)2/h3-9H,1-2H3/q+1. The summed E-state index contributed by atoms with van der Waals surface area (Å²) in [6, 6.07) is 10.2. The molecule has 1 aromatic carbocycles. The molecule has 0 aliphatic carbocycles. The van der Waals surface area contributed by atoms with Crippen LogP contribution in [0.4, 0.5) is 4.39 Å². The minimum absolute atomic E-state index is 0.0300. The van der Waals surface area contributed by atoms with E-state index in [2.05, 4.69) is 0 Å². The van der Waals surface area contributed by atoms with Crippen LogP contribution in [0.5, 0.6) is 5.88 Å². The van der Waals surface area contributed by atoms with Crippen LogP contribution >= 0.6 is 0 Å². The Bertz CT molecular complexity index is 696. The third-order valence-corrected chi connectivity index (χ3v) is 3.87. The molecular formula is C13H13FNO3S+. The van der Waals surface area contributed by atoms with E-state index in [-0.39, 0.29) is 10.8 Å². The number of hydrogen-bond donors (Lipinski definition) is 0. The number of benzene rings is 1. The predicted octanol–water partition coefficient (Wildman–Crippen LogP) is 1.73. The van der Waals surface area contributed by atoms with E-state index in [4.69, 9.17) is 4.18 Å². The van der Waals surface area contributed by atoms with Gasteiger partial charge in [0.1, 0.15) is 11.9 Å². The molecule has 0 fully saturated rings. The van der Waals surface area contributed by atoms with Crippen LogP contribution < -0.4 is 8.75 Å². The molecule has 0 unspecified atom stereocenters. The second-order valence-corrected chi connectivity index (χ2v) is 5.64. The number of pyridine rings is 1. The van der Waals surface area contributed by atoms with Gasteiger partial charge in [-0.15, -0.1) is 8.96 Å². The highest BCUT2D eigenvalue weighted by molar-refractivity contribution is 7.87. The van der Waals surface area contributed by atoms with Gasteiger partial charge in [-0.05, 0) is 25.1 Å². The third-order valence-electron chi connectivity index (χ3n) is 2.63. The first kappa shape index (κ1) is 13.5. The van der Waals surface area contributed by atoms with E-state index in [1.807, 2.05) is 6.92 Å². The van der Waals surface area contributed by atoms with Crippen molar-refractivity contribution in [3.05, 3.63) is 54.0 Å².